The van der Waals surface area contributed by atoms with Crippen LogP contribution in [0.3, 0.4) is 0 Å². The van der Waals surface area contributed by atoms with Crippen LogP contribution in [0.4, 0.5) is 16.2 Å². The summed E-state index contributed by atoms with van der Waals surface area (Å²) in [6.07, 6.45) is -0.677. The fourth-order valence-corrected chi connectivity index (χ4v) is 3.47. The van der Waals surface area contributed by atoms with E-state index in [1.807, 2.05) is 12.1 Å². The van der Waals surface area contributed by atoms with Crippen LogP contribution >= 0.6 is 0 Å². The number of anilines is 2. The minimum atomic E-state index is -0.677. The second-order valence-electron chi connectivity index (χ2n) is 7.56. The van der Waals surface area contributed by atoms with Crippen molar-refractivity contribution < 1.29 is 36.3 Å². The molecule has 1 fully saturated rings. The molecule has 0 aromatic heterocycles. The van der Waals surface area contributed by atoms with Crippen molar-refractivity contribution in [3.05, 3.63) is 30.3 Å². The molecule has 2 amide bonds. The van der Waals surface area contributed by atoms with E-state index in [9.17, 15) is 14.7 Å². The van der Waals surface area contributed by atoms with Crippen LogP contribution in [0.1, 0.15) is 0 Å². The Balaban J connectivity index is 0.00000300. The number of hydrogen-bond acceptors (Lipinski definition) is 5. The molecule has 8 nitrogen and oxygen atoms in total. The second kappa shape index (κ2) is 9.30. The predicted molar refractivity (Wildman–Crippen MR) is 109 cm³/mol. The first-order valence-corrected chi connectivity index (χ1v) is 9.23. The van der Waals surface area contributed by atoms with Crippen LogP contribution in [0.5, 0.6) is 5.75 Å². The van der Waals surface area contributed by atoms with Crippen molar-refractivity contribution in [1.82, 2.24) is 4.90 Å². The Kier molecular flexibility index (Phi) is 7.29. The lowest BCUT2D eigenvalue weighted by atomic mass is 10.1. The van der Waals surface area contributed by atoms with E-state index in [0.29, 0.717) is 22.1 Å². The topological polar surface area (TPSA) is 90.9 Å². The maximum atomic E-state index is 12.7. The zero-order chi connectivity index (χ0) is 20.3. The van der Waals surface area contributed by atoms with Gasteiger partial charge in [0.1, 0.15) is 5.75 Å². The second-order valence-corrected chi connectivity index (χ2v) is 7.56. The lowest BCUT2D eigenvalue weighted by Crippen LogP contribution is -3.00. The first kappa shape index (κ1) is 22.7. The number of amides is 2. The molecule has 2 aromatic rings. The molecule has 1 aliphatic rings. The monoisotopic (exact) mass is 422 g/mol. The zero-order valence-electron chi connectivity index (χ0n) is 16.9. The van der Waals surface area contributed by atoms with Gasteiger partial charge in [-0.15, -0.1) is 0 Å². The smallest absolute Gasteiger partial charge is 0.411 e. The molecule has 158 valence electrons. The van der Waals surface area contributed by atoms with Crippen molar-refractivity contribution >= 4 is 34.1 Å². The average Bonchev–Trinajstić information content (AvgIpc) is 2.66. The van der Waals surface area contributed by atoms with Gasteiger partial charge in [-0.2, -0.15) is 0 Å². The zero-order valence-corrected chi connectivity index (χ0v) is 17.6. The molecule has 0 bridgehead atoms. The van der Waals surface area contributed by atoms with Gasteiger partial charge in [0.05, 0.1) is 38.6 Å². The summed E-state index contributed by atoms with van der Waals surface area (Å²) >= 11 is 0. The number of benzene rings is 2. The summed E-state index contributed by atoms with van der Waals surface area (Å²) in [5.41, 5.74) is 0.730. The third-order valence-electron chi connectivity index (χ3n) is 5.28. The molecule has 3 rings (SSSR count). The number of phenolic OH excluding ortho intramolecular Hbond substituents is 1. The van der Waals surface area contributed by atoms with Crippen LogP contribution in [0.2, 0.25) is 0 Å². The minimum Gasteiger partial charge on any atom is -1.00 e. The number of nitrogens with zero attached hydrogens (tertiary/aromatic N) is 2. The van der Waals surface area contributed by atoms with Gasteiger partial charge >= 0.3 is 6.09 Å². The number of carbonyl (C=O) groups excluding carboxylic acids is 2. The van der Waals surface area contributed by atoms with Gasteiger partial charge in [-0.1, -0.05) is 18.2 Å². The van der Waals surface area contributed by atoms with Crippen molar-refractivity contribution in [2.75, 3.05) is 64.6 Å². The number of halogens is 1. The average molecular weight is 423 g/mol. The molecule has 1 aliphatic heterocycles. The Morgan fingerprint density at radius 1 is 1.14 bits per heavy atom. The molecule has 0 aliphatic carbocycles. The van der Waals surface area contributed by atoms with E-state index in [1.165, 1.54) is 7.11 Å². The Bertz CT molecular complexity index is 897. The first-order valence-electron chi connectivity index (χ1n) is 9.23. The number of methoxy groups -OCH3 is 1. The summed E-state index contributed by atoms with van der Waals surface area (Å²) in [4.78, 5) is 26.5. The molecule has 0 spiro atoms. The summed E-state index contributed by atoms with van der Waals surface area (Å²) in [7, 11) is 5.43. The number of carbonyl (C=O) groups is 2. The molecule has 0 atom stereocenters. The van der Waals surface area contributed by atoms with Crippen molar-refractivity contribution in [2.24, 2.45) is 0 Å². The Morgan fingerprint density at radius 3 is 2.48 bits per heavy atom. The summed E-state index contributed by atoms with van der Waals surface area (Å²) in [6, 6.07) is 8.75. The molecule has 0 saturated carbocycles. The van der Waals surface area contributed by atoms with Gasteiger partial charge in [0.25, 0.3) is 5.91 Å². The standard InChI is InChI=1S/C20H26N4O4.ClH/c1-23-9-11-24(2,12-10-23)13-17(25)21-15-6-4-5-14-7-8-16(19(26)18(14)15)22-20(27)28-3;/h4-8H,9-13H2,1-3H3,(H2-,21,22,25,26,27);1H. The number of hydrogen-bond donors (Lipinski definition) is 3. The number of nitrogens with one attached hydrogen (secondary N) is 2. The van der Waals surface area contributed by atoms with Crippen LogP contribution in [0.15, 0.2) is 30.3 Å². The maximum absolute atomic E-state index is 12.7. The predicted octanol–water partition coefficient (Wildman–Crippen LogP) is -0.942. The van der Waals surface area contributed by atoms with Gasteiger partial charge in [0.15, 0.2) is 6.54 Å². The fourth-order valence-electron chi connectivity index (χ4n) is 3.47. The molecule has 1 saturated heterocycles. The van der Waals surface area contributed by atoms with E-state index in [-0.39, 0.29) is 29.8 Å². The molecule has 29 heavy (non-hydrogen) atoms. The largest absolute Gasteiger partial charge is 1.00 e. The SMILES string of the molecule is COC(=O)Nc1ccc2cccc(NC(=O)C[N+]3(C)CCN(C)CC3)c2c1O.[Cl-]. The van der Waals surface area contributed by atoms with E-state index < -0.39 is 6.09 Å². The highest BCUT2D eigenvalue weighted by atomic mass is 35.5. The molecular formula is C20H27ClN4O4. The number of phenols is 1. The molecule has 3 N–H and O–H groups in total. The lowest BCUT2D eigenvalue weighted by molar-refractivity contribution is -0.905. The highest BCUT2D eigenvalue weighted by molar-refractivity contribution is 6.08. The van der Waals surface area contributed by atoms with E-state index in [1.54, 1.807) is 18.2 Å². The van der Waals surface area contributed by atoms with Crippen LogP contribution in [0.25, 0.3) is 10.8 Å². The molecule has 0 unspecified atom stereocenters. The number of rotatable bonds is 4. The van der Waals surface area contributed by atoms with E-state index in [4.69, 9.17) is 0 Å². The highest BCUT2D eigenvalue weighted by Gasteiger charge is 2.30. The number of piperazine rings is 1. The van der Waals surface area contributed by atoms with Gasteiger partial charge in [0, 0.05) is 18.5 Å². The summed E-state index contributed by atoms with van der Waals surface area (Å²) < 4.78 is 5.27. The Morgan fingerprint density at radius 2 is 1.83 bits per heavy atom. The van der Waals surface area contributed by atoms with Gasteiger partial charge in [-0.05, 0) is 24.6 Å². The number of fused-ring (bicyclic) bond motifs is 1. The van der Waals surface area contributed by atoms with E-state index in [2.05, 4.69) is 34.4 Å². The third kappa shape index (κ3) is 5.29. The molecular weight excluding hydrogens is 396 g/mol. The van der Waals surface area contributed by atoms with Crippen LogP contribution in [-0.2, 0) is 9.53 Å². The van der Waals surface area contributed by atoms with Crippen molar-refractivity contribution in [3.8, 4) is 5.75 Å². The Labute approximate surface area is 176 Å². The van der Waals surface area contributed by atoms with E-state index >= 15 is 0 Å². The normalized spacial score (nSPS) is 16.0. The number of likely N-dealkylation sites (N-methyl/N-ethyl adjacent to an activating group) is 2. The molecule has 2 aromatic carbocycles. The van der Waals surface area contributed by atoms with Gasteiger partial charge in [0.2, 0.25) is 0 Å². The summed E-state index contributed by atoms with van der Waals surface area (Å²) in [5, 5.41) is 17.3. The highest BCUT2D eigenvalue weighted by Crippen LogP contribution is 2.37. The summed E-state index contributed by atoms with van der Waals surface area (Å²) in [6.45, 7) is 4.11. The van der Waals surface area contributed by atoms with E-state index in [0.717, 1.165) is 31.6 Å². The molecule has 1 heterocycles. The summed E-state index contributed by atoms with van der Waals surface area (Å²) in [5.74, 6) is -0.218. The fraction of sp³-hybridized carbons (Fsp3) is 0.400. The quantitative estimate of drug-likeness (QED) is 0.437. The van der Waals surface area contributed by atoms with Gasteiger partial charge < -0.3 is 32.1 Å². The third-order valence-corrected chi connectivity index (χ3v) is 5.28. The maximum Gasteiger partial charge on any atom is 0.411 e. The van der Waals surface area contributed by atoms with Crippen molar-refractivity contribution in [1.29, 1.82) is 0 Å². The van der Waals surface area contributed by atoms with Gasteiger partial charge in [-0.3, -0.25) is 15.0 Å². The van der Waals surface area contributed by atoms with Crippen LogP contribution < -0.4 is 23.0 Å². The van der Waals surface area contributed by atoms with Gasteiger partial charge in [-0.25, -0.2) is 4.79 Å². The van der Waals surface area contributed by atoms with Crippen LogP contribution in [0, 0.1) is 0 Å². The van der Waals surface area contributed by atoms with Crippen LogP contribution in [-0.4, -0.2) is 80.4 Å². The first-order chi connectivity index (χ1) is 13.3. The molecule has 0 radical (unpaired) electrons. The minimum absolute atomic E-state index is 0. The lowest BCUT2D eigenvalue weighted by Gasteiger charge is -2.40. The molecule has 9 heteroatoms. The Hall–Kier alpha value is -2.55. The van der Waals surface area contributed by atoms with Crippen molar-refractivity contribution in [2.45, 2.75) is 0 Å². The number of ether oxygens (including phenoxy) is 1. The number of aromatic hydroxyl groups is 1. The van der Waals surface area contributed by atoms with Crippen molar-refractivity contribution in [3.63, 3.8) is 0 Å². The number of quaternary nitrogens is 1.